The zero-order valence-electron chi connectivity index (χ0n) is 15.3. The molecule has 2 heterocycles. The van der Waals surface area contributed by atoms with Gasteiger partial charge in [0.2, 0.25) is 0 Å². The standard InChI is InChI=1S/C20H27N3OS/c1-15(2)23-13-16(11-21-23)12-22-10-4-5-18(14-22)20(24)17-6-8-19(25-3)9-7-17/h6-9,11,13,15,18H,4-5,10,12,14H2,1-3H3. The van der Waals surface area contributed by atoms with Crippen LogP contribution in [0.15, 0.2) is 41.6 Å². The first-order valence-corrected chi connectivity index (χ1v) is 10.2. The van der Waals surface area contributed by atoms with Crippen molar-refractivity contribution in [3.8, 4) is 0 Å². The molecule has 0 amide bonds. The van der Waals surface area contributed by atoms with E-state index in [1.54, 1.807) is 11.8 Å². The van der Waals surface area contributed by atoms with Crippen LogP contribution in [-0.4, -0.2) is 39.8 Å². The van der Waals surface area contributed by atoms with Crippen molar-refractivity contribution in [2.45, 2.75) is 44.2 Å². The Morgan fingerprint density at radius 3 is 2.72 bits per heavy atom. The normalized spacial score (nSPS) is 18.6. The highest BCUT2D eigenvalue weighted by molar-refractivity contribution is 7.98. The quantitative estimate of drug-likeness (QED) is 0.571. The SMILES string of the molecule is CSc1ccc(C(=O)C2CCCN(Cc3cnn(C(C)C)c3)C2)cc1. The van der Waals surface area contributed by atoms with E-state index in [9.17, 15) is 4.79 Å². The predicted octanol–water partition coefficient (Wildman–Crippen LogP) is 4.28. The van der Waals surface area contributed by atoms with Gasteiger partial charge in [0.1, 0.15) is 0 Å². The van der Waals surface area contributed by atoms with Gasteiger partial charge in [0.15, 0.2) is 5.78 Å². The zero-order chi connectivity index (χ0) is 17.8. The number of hydrogen-bond donors (Lipinski definition) is 0. The van der Waals surface area contributed by atoms with Gasteiger partial charge in [-0.25, -0.2) is 0 Å². The van der Waals surface area contributed by atoms with E-state index in [-0.39, 0.29) is 11.7 Å². The number of hydrogen-bond acceptors (Lipinski definition) is 4. The lowest BCUT2D eigenvalue weighted by atomic mass is 9.90. The van der Waals surface area contributed by atoms with E-state index in [0.717, 1.165) is 38.0 Å². The topological polar surface area (TPSA) is 38.1 Å². The Labute approximate surface area is 154 Å². The highest BCUT2D eigenvalue weighted by atomic mass is 32.2. The Balaban J connectivity index is 1.62. The molecule has 25 heavy (non-hydrogen) atoms. The molecule has 5 heteroatoms. The summed E-state index contributed by atoms with van der Waals surface area (Å²) in [5.74, 6) is 0.393. The Morgan fingerprint density at radius 1 is 1.32 bits per heavy atom. The lowest BCUT2D eigenvalue weighted by Crippen LogP contribution is -2.38. The maximum Gasteiger partial charge on any atom is 0.167 e. The maximum absolute atomic E-state index is 12.8. The van der Waals surface area contributed by atoms with E-state index in [4.69, 9.17) is 0 Å². The van der Waals surface area contributed by atoms with Gasteiger partial charge in [-0.05, 0) is 51.6 Å². The molecule has 1 aliphatic heterocycles. The van der Waals surface area contributed by atoms with Crippen molar-refractivity contribution in [3.05, 3.63) is 47.8 Å². The van der Waals surface area contributed by atoms with Crippen molar-refractivity contribution in [2.75, 3.05) is 19.3 Å². The van der Waals surface area contributed by atoms with Gasteiger partial charge in [-0.15, -0.1) is 11.8 Å². The fourth-order valence-corrected chi connectivity index (χ4v) is 3.81. The van der Waals surface area contributed by atoms with Crippen LogP contribution in [0.2, 0.25) is 0 Å². The summed E-state index contributed by atoms with van der Waals surface area (Å²) in [7, 11) is 0. The van der Waals surface area contributed by atoms with Crippen LogP contribution in [0.3, 0.4) is 0 Å². The van der Waals surface area contributed by atoms with Gasteiger partial charge >= 0.3 is 0 Å². The number of thioether (sulfide) groups is 1. The van der Waals surface area contributed by atoms with E-state index in [2.05, 4.69) is 36.3 Å². The number of piperidine rings is 1. The molecule has 1 aromatic carbocycles. The molecule has 1 aromatic heterocycles. The van der Waals surface area contributed by atoms with E-state index >= 15 is 0 Å². The molecule has 4 nitrogen and oxygen atoms in total. The summed E-state index contributed by atoms with van der Waals surface area (Å²) in [5.41, 5.74) is 2.07. The molecule has 134 valence electrons. The van der Waals surface area contributed by atoms with Crippen LogP contribution in [0, 0.1) is 5.92 Å². The van der Waals surface area contributed by atoms with E-state index < -0.39 is 0 Å². The molecule has 2 aromatic rings. The van der Waals surface area contributed by atoms with Gasteiger partial charge in [-0.1, -0.05) is 12.1 Å². The molecule has 3 rings (SSSR count). The third kappa shape index (κ3) is 4.53. The van der Waals surface area contributed by atoms with E-state index in [1.807, 2.05) is 35.1 Å². The minimum atomic E-state index is 0.106. The molecular formula is C20H27N3OS. The molecule has 1 aliphatic rings. The number of aromatic nitrogens is 2. The molecule has 1 atom stereocenters. The molecule has 0 aliphatic carbocycles. The lowest BCUT2D eigenvalue weighted by molar-refractivity contribution is 0.0811. The first kappa shape index (κ1) is 18.2. The largest absolute Gasteiger partial charge is 0.298 e. The second-order valence-electron chi connectivity index (χ2n) is 7.09. The minimum absolute atomic E-state index is 0.106. The number of likely N-dealkylation sites (tertiary alicyclic amines) is 1. The lowest BCUT2D eigenvalue weighted by Gasteiger charge is -2.31. The molecule has 1 saturated heterocycles. The van der Waals surface area contributed by atoms with E-state index in [1.165, 1.54) is 10.5 Å². The predicted molar refractivity (Wildman–Crippen MR) is 103 cm³/mol. The summed E-state index contributed by atoms with van der Waals surface area (Å²) in [6, 6.07) is 8.41. The highest BCUT2D eigenvalue weighted by Crippen LogP contribution is 2.24. The first-order chi connectivity index (χ1) is 12.1. The van der Waals surface area contributed by atoms with Gasteiger partial charge in [-0.2, -0.15) is 5.10 Å². The van der Waals surface area contributed by atoms with Crippen molar-refractivity contribution in [3.63, 3.8) is 0 Å². The third-order valence-corrected chi connectivity index (χ3v) is 5.58. The number of nitrogens with zero attached hydrogens (tertiary/aromatic N) is 3. The van der Waals surface area contributed by atoms with Gasteiger partial charge in [0, 0.05) is 47.3 Å². The Bertz CT molecular complexity index is 708. The average molecular weight is 358 g/mol. The minimum Gasteiger partial charge on any atom is -0.298 e. The van der Waals surface area contributed by atoms with Crippen molar-refractivity contribution in [2.24, 2.45) is 5.92 Å². The maximum atomic E-state index is 12.8. The number of Topliss-reactive ketones (excluding diaryl/α,β-unsaturated/α-hetero) is 1. The second kappa shape index (κ2) is 8.19. The highest BCUT2D eigenvalue weighted by Gasteiger charge is 2.26. The monoisotopic (exact) mass is 357 g/mol. The molecule has 1 fully saturated rings. The third-order valence-electron chi connectivity index (χ3n) is 4.84. The Kier molecular flexibility index (Phi) is 5.97. The van der Waals surface area contributed by atoms with Crippen LogP contribution in [0.5, 0.6) is 0 Å². The van der Waals surface area contributed by atoms with Crippen molar-refractivity contribution < 1.29 is 4.79 Å². The van der Waals surface area contributed by atoms with Crippen LogP contribution < -0.4 is 0 Å². The van der Waals surface area contributed by atoms with Gasteiger partial charge in [0.05, 0.1) is 6.20 Å². The summed E-state index contributed by atoms with van der Waals surface area (Å²) < 4.78 is 2.00. The fraction of sp³-hybridized carbons (Fsp3) is 0.500. The summed E-state index contributed by atoms with van der Waals surface area (Å²) in [4.78, 5) is 16.4. The number of ketones is 1. The van der Waals surface area contributed by atoms with Gasteiger partial charge in [-0.3, -0.25) is 14.4 Å². The van der Waals surface area contributed by atoms with Crippen molar-refractivity contribution >= 4 is 17.5 Å². The van der Waals surface area contributed by atoms with Crippen LogP contribution in [0.25, 0.3) is 0 Å². The number of benzene rings is 1. The number of rotatable bonds is 6. The Morgan fingerprint density at radius 2 is 2.08 bits per heavy atom. The molecule has 0 N–H and O–H groups in total. The number of carbonyl (C=O) groups excluding carboxylic acids is 1. The van der Waals surface area contributed by atoms with Gasteiger partial charge < -0.3 is 0 Å². The van der Waals surface area contributed by atoms with Crippen LogP contribution in [0.1, 0.15) is 48.7 Å². The summed E-state index contributed by atoms with van der Waals surface area (Å²) >= 11 is 1.70. The number of carbonyl (C=O) groups is 1. The van der Waals surface area contributed by atoms with Crippen LogP contribution in [0.4, 0.5) is 0 Å². The summed E-state index contributed by atoms with van der Waals surface area (Å²) in [5, 5.41) is 4.42. The van der Waals surface area contributed by atoms with E-state index in [0.29, 0.717) is 6.04 Å². The second-order valence-corrected chi connectivity index (χ2v) is 7.97. The molecular weight excluding hydrogens is 330 g/mol. The molecule has 0 radical (unpaired) electrons. The van der Waals surface area contributed by atoms with Gasteiger partial charge in [0.25, 0.3) is 0 Å². The van der Waals surface area contributed by atoms with Crippen LogP contribution >= 0.6 is 11.8 Å². The molecule has 0 saturated carbocycles. The average Bonchev–Trinajstić information content (AvgIpc) is 3.10. The zero-order valence-corrected chi connectivity index (χ0v) is 16.1. The van der Waals surface area contributed by atoms with Crippen molar-refractivity contribution in [1.29, 1.82) is 0 Å². The van der Waals surface area contributed by atoms with Crippen LogP contribution in [-0.2, 0) is 6.54 Å². The molecule has 1 unspecified atom stereocenters. The molecule has 0 bridgehead atoms. The smallest absolute Gasteiger partial charge is 0.167 e. The first-order valence-electron chi connectivity index (χ1n) is 9.00. The van der Waals surface area contributed by atoms with Crippen molar-refractivity contribution in [1.82, 2.24) is 14.7 Å². The Hall–Kier alpha value is -1.59. The summed E-state index contributed by atoms with van der Waals surface area (Å²) in [6.45, 7) is 7.04. The molecule has 0 spiro atoms. The fourth-order valence-electron chi connectivity index (χ4n) is 3.40. The summed E-state index contributed by atoms with van der Waals surface area (Å²) in [6.07, 6.45) is 8.20.